The van der Waals surface area contributed by atoms with Gasteiger partial charge in [-0.15, -0.1) is 0 Å². The second-order valence-electron chi connectivity index (χ2n) is 3.42. The van der Waals surface area contributed by atoms with Gasteiger partial charge in [-0.1, -0.05) is 11.3 Å². The summed E-state index contributed by atoms with van der Waals surface area (Å²) in [5.41, 5.74) is 0.428. The van der Waals surface area contributed by atoms with Gasteiger partial charge in [0, 0.05) is 18.7 Å². The molecule has 0 saturated carbocycles. The third kappa shape index (κ3) is 3.16. The normalized spacial score (nSPS) is 10.2. The van der Waals surface area contributed by atoms with E-state index in [1.54, 1.807) is 6.92 Å². The lowest BCUT2D eigenvalue weighted by atomic mass is 10.3. The molecular formula is C10H13NO5S. The zero-order valence-corrected chi connectivity index (χ0v) is 10.4. The number of ether oxygens (including phenoxy) is 1. The molecule has 7 heteroatoms. The zero-order valence-electron chi connectivity index (χ0n) is 9.56. The minimum absolute atomic E-state index is 0.0491. The van der Waals surface area contributed by atoms with Crippen LogP contribution < -0.4 is 4.87 Å². The van der Waals surface area contributed by atoms with Gasteiger partial charge in [0.2, 0.25) is 0 Å². The first-order valence-electron chi connectivity index (χ1n) is 4.97. The summed E-state index contributed by atoms with van der Waals surface area (Å²) < 4.78 is 5.85. The van der Waals surface area contributed by atoms with E-state index < -0.39 is 5.97 Å². The van der Waals surface area contributed by atoms with Crippen LogP contribution in [-0.2, 0) is 16.1 Å². The van der Waals surface area contributed by atoms with Crippen molar-refractivity contribution < 1.29 is 19.4 Å². The van der Waals surface area contributed by atoms with Gasteiger partial charge in [-0.25, -0.2) is 4.79 Å². The zero-order chi connectivity index (χ0) is 13.0. The Morgan fingerprint density at radius 1 is 1.47 bits per heavy atom. The lowest BCUT2D eigenvalue weighted by molar-refractivity contribution is -0.140. The minimum Gasteiger partial charge on any atom is -0.477 e. The number of thiazole rings is 1. The van der Waals surface area contributed by atoms with Crippen LogP contribution in [0.3, 0.4) is 0 Å². The number of aromatic nitrogens is 1. The highest BCUT2D eigenvalue weighted by Crippen LogP contribution is 2.12. The van der Waals surface area contributed by atoms with E-state index in [2.05, 4.69) is 4.74 Å². The first kappa shape index (κ1) is 13.4. The third-order valence-electron chi connectivity index (χ3n) is 2.33. The molecule has 0 radical (unpaired) electrons. The molecule has 0 aromatic carbocycles. The van der Waals surface area contributed by atoms with E-state index in [-0.39, 0.29) is 22.1 Å². The number of esters is 1. The van der Waals surface area contributed by atoms with Gasteiger partial charge in [0.25, 0.3) is 0 Å². The molecule has 17 heavy (non-hydrogen) atoms. The first-order valence-corrected chi connectivity index (χ1v) is 5.79. The van der Waals surface area contributed by atoms with Crippen LogP contribution in [0.1, 0.15) is 28.2 Å². The van der Waals surface area contributed by atoms with Crippen molar-refractivity contribution in [3.05, 3.63) is 20.2 Å². The Balaban J connectivity index is 2.75. The Morgan fingerprint density at radius 2 is 2.12 bits per heavy atom. The highest BCUT2D eigenvalue weighted by atomic mass is 32.1. The Kier molecular flexibility index (Phi) is 4.45. The second-order valence-corrected chi connectivity index (χ2v) is 4.38. The number of carboxylic acids is 1. The standard InChI is InChI=1S/C10H13NO5S/c1-6-8(9(13)14)17-10(15)11(6)5-3-4-7(12)16-2/h3-5H2,1-2H3,(H,13,14). The number of hydrogen-bond acceptors (Lipinski definition) is 5. The van der Waals surface area contributed by atoms with Crippen LogP contribution >= 0.6 is 11.3 Å². The number of nitrogens with zero attached hydrogens (tertiary/aromatic N) is 1. The summed E-state index contributed by atoms with van der Waals surface area (Å²) >= 11 is 0.705. The highest BCUT2D eigenvalue weighted by molar-refractivity contribution is 7.11. The Morgan fingerprint density at radius 3 is 2.59 bits per heavy atom. The molecule has 0 aliphatic rings. The number of aromatic carboxylic acids is 1. The lowest BCUT2D eigenvalue weighted by Crippen LogP contribution is -2.15. The maximum Gasteiger partial charge on any atom is 0.347 e. The van der Waals surface area contributed by atoms with Crippen molar-refractivity contribution >= 4 is 23.3 Å². The molecule has 0 unspecified atom stereocenters. The molecule has 0 spiro atoms. The predicted molar refractivity (Wildman–Crippen MR) is 61.5 cm³/mol. The molecule has 0 aliphatic heterocycles. The molecule has 1 heterocycles. The van der Waals surface area contributed by atoms with Crippen LogP contribution in [-0.4, -0.2) is 28.7 Å². The Labute approximate surface area is 101 Å². The Hall–Kier alpha value is -1.63. The summed E-state index contributed by atoms with van der Waals surface area (Å²) in [6.07, 6.45) is 0.657. The van der Waals surface area contributed by atoms with Gasteiger partial charge in [0.1, 0.15) is 4.88 Å². The van der Waals surface area contributed by atoms with Crippen LogP contribution in [0.5, 0.6) is 0 Å². The van der Waals surface area contributed by atoms with Crippen molar-refractivity contribution in [2.45, 2.75) is 26.3 Å². The van der Waals surface area contributed by atoms with Crippen molar-refractivity contribution in [1.82, 2.24) is 4.57 Å². The van der Waals surface area contributed by atoms with E-state index in [1.807, 2.05) is 0 Å². The van der Waals surface area contributed by atoms with Crippen LogP contribution in [0, 0.1) is 6.92 Å². The van der Waals surface area contributed by atoms with Gasteiger partial charge in [-0.05, 0) is 13.3 Å². The van der Waals surface area contributed by atoms with Crippen LogP contribution in [0.25, 0.3) is 0 Å². The van der Waals surface area contributed by atoms with Crippen molar-refractivity contribution in [2.75, 3.05) is 7.11 Å². The van der Waals surface area contributed by atoms with Gasteiger partial charge in [-0.2, -0.15) is 0 Å². The number of rotatable bonds is 5. The Bertz CT molecular complexity index is 487. The summed E-state index contributed by atoms with van der Waals surface area (Å²) in [6.45, 7) is 1.91. The topological polar surface area (TPSA) is 85.6 Å². The van der Waals surface area contributed by atoms with Gasteiger partial charge >= 0.3 is 16.8 Å². The maximum absolute atomic E-state index is 11.5. The van der Waals surface area contributed by atoms with Crippen molar-refractivity contribution in [1.29, 1.82) is 0 Å². The number of methoxy groups -OCH3 is 1. The van der Waals surface area contributed by atoms with E-state index in [0.717, 1.165) is 0 Å². The quantitative estimate of drug-likeness (QED) is 0.793. The van der Waals surface area contributed by atoms with E-state index >= 15 is 0 Å². The summed E-state index contributed by atoms with van der Waals surface area (Å²) in [6, 6.07) is 0. The molecule has 0 amide bonds. The predicted octanol–water partition coefficient (Wildman–Crippen LogP) is 0.870. The van der Waals surface area contributed by atoms with Crippen molar-refractivity contribution in [2.24, 2.45) is 0 Å². The monoisotopic (exact) mass is 259 g/mol. The molecule has 0 aliphatic carbocycles. The van der Waals surface area contributed by atoms with E-state index in [0.29, 0.717) is 30.0 Å². The number of carbonyl (C=O) groups is 2. The fraction of sp³-hybridized carbons (Fsp3) is 0.500. The summed E-state index contributed by atoms with van der Waals surface area (Å²) in [4.78, 5) is 32.9. The van der Waals surface area contributed by atoms with E-state index in [9.17, 15) is 14.4 Å². The molecule has 1 aromatic rings. The highest BCUT2D eigenvalue weighted by Gasteiger charge is 2.16. The second kappa shape index (κ2) is 5.62. The summed E-state index contributed by atoms with van der Waals surface area (Å²) in [7, 11) is 1.30. The van der Waals surface area contributed by atoms with Crippen molar-refractivity contribution in [3.63, 3.8) is 0 Å². The SMILES string of the molecule is COC(=O)CCCn1c(C)c(C(=O)O)sc1=O. The third-order valence-corrected chi connectivity index (χ3v) is 3.40. The number of hydrogen-bond donors (Lipinski definition) is 1. The van der Waals surface area contributed by atoms with Crippen molar-refractivity contribution in [3.8, 4) is 0 Å². The van der Waals surface area contributed by atoms with Crippen LogP contribution in [0.15, 0.2) is 4.79 Å². The molecule has 94 valence electrons. The fourth-order valence-electron chi connectivity index (χ4n) is 1.42. The average Bonchev–Trinajstić information content (AvgIpc) is 2.56. The van der Waals surface area contributed by atoms with Crippen LogP contribution in [0.2, 0.25) is 0 Å². The minimum atomic E-state index is -1.10. The molecule has 1 aromatic heterocycles. The van der Waals surface area contributed by atoms with E-state index in [4.69, 9.17) is 5.11 Å². The molecule has 1 rings (SSSR count). The van der Waals surface area contributed by atoms with E-state index in [1.165, 1.54) is 11.7 Å². The van der Waals surface area contributed by atoms with Crippen LogP contribution in [0.4, 0.5) is 0 Å². The molecule has 0 atom stereocenters. The molecule has 0 fully saturated rings. The maximum atomic E-state index is 11.5. The van der Waals surface area contributed by atoms with Gasteiger partial charge in [0.05, 0.1) is 7.11 Å². The number of carbonyl (C=O) groups excluding carboxylic acids is 1. The van der Waals surface area contributed by atoms with Gasteiger partial charge < -0.3 is 14.4 Å². The summed E-state index contributed by atoms with van der Waals surface area (Å²) in [5, 5.41) is 8.84. The molecule has 1 N–H and O–H groups in total. The average molecular weight is 259 g/mol. The number of carboxylic acid groups (broad SMARTS) is 1. The fourth-order valence-corrected chi connectivity index (χ4v) is 2.27. The molecular weight excluding hydrogens is 246 g/mol. The summed E-state index contributed by atoms with van der Waals surface area (Å²) in [5.74, 6) is -1.44. The molecule has 0 bridgehead atoms. The smallest absolute Gasteiger partial charge is 0.347 e. The molecule has 0 saturated heterocycles. The van der Waals surface area contributed by atoms with Gasteiger partial charge in [-0.3, -0.25) is 9.59 Å². The molecule has 6 nitrogen and oxygen atoms in total. The van der Waals surface area contributed by atoms with Gasteiger partial charge in [0.15, 0.2) is 0 Å². The first-order chi connectivity index (χ1) is 7.97. The lowest BCUT2D eigenvalue weighted by Gasteiger charge is -2.03. The largest absolute Gasteiger partial charge is 0.477 e.